The minimum Gasteiger partial charge on any atom is -0.440 e. The zero-order chi connectivity index (χ0) is 7.84. The Morgan fingerprint density at radius 2 is 2.27 bits per heavy atom. The second-order valence-electron chi connectivity index (χ2n) is 2.40. The second-order valence-corrected chi connectivity index (χ2v) is 2.40. The van der Waals surface area contributed by atoms with Crippen LogP contribution in [0.3, 0.4) is 0 Å². The van der Waals surface area contributed by atoms with E-state index < -0.39 is 0 Å². The van der Waals surface area contributed by atoms with Crippen LogP contribution in [0, 0.1) is 12.7 Å². The van der Waals surface area contributed by atoms with Gasteiger partial charge in [0.15, 0.2) is 17.8 Å². The first-order valence-corrected chi connectivity index (χ1v) is 3.27. The van der Waals surface area contributed by atoms with Gasteiger partial charge in [-0.1, -0.05) is 6.07 Å². The quantitative estimate of drug-likeness (QED) is 0.577. The van der Waals surface area contributed by atoms with Crippen LogP contribution in [0.1, 0.15) is 5.56 Å². The predicted octanol–water partition coefficient (Wildman–Crippen LogP) is 2.28. The number of nitrogens with zero attached hydrogens (tertiary/aromatic N) is 1. The molecule has 0 aliphatic rings. The van der Waals surface area contributed by atoms with E-state index in [4.69, 9.17) is 4.42 Å². The number of hydrogen-bond donors (Lipinski definition) is 0. The average Bonchev–Trinajstić information content (AvgIpc) is 2.45. The minimum atomic E-state index is -0.319. The molecule has 0 unspecified atom stereocenters. The van der Waals surface area contributed by atoms with E-state index in [1.54, 1.807) is 19.1 Å². The van der Waals surface area contributed by atoms with Crippen molar-refractivity contribution in [3.63, 3.8) is 0 Å². The Morgan fingerprint density at radius 1 is 1.45 bits per heavy atom. The molecule has 0 aliphatic carbocycles. The number of aromatic nitrogens is 1. The molecule has 1 aromatic heterocycles. The van der Waals surface area contributed by atoms with Crippen molar-refractivity contribution in [1.29, 1.82) is 0 Å². The molecule has 3 heteroatoms. The molecule has 56 valence electrons. The van der Waals surface area contributed by atoms with Crippen LogP contribution < -0.4 is 0 Å². The molecule has 11 heavy (non-hydrogen) atoms. The summed E-state index contributed by atoms with van der Waals surface area (Å²) in [6.07, 6.45) is 1.24. The standard InChI is InChI=1S/C8H6FNO/c1-5-2-3-6-8(7(5)9)11-4-10-6/h2-4H,1H3. The Balaban J connectivity index is 2.93. The summed E-state index contributed by atoms with van der Waals surface area (Å²) < 4.78 is 17.9. The Morgan fingerprint density at radius 3 is 3.09 bits per heavy atom. The molecular formula is C8H6FNO. The van der Waals surface area contributed by atoms with Gasteiger partial charge in [-0.15, -0.1) is 0 Å². The summed E-state index contributed by atoms with van der Waals surface area (Å²) in [7, 11) is 0. The average molecular weight is 151 g/mol. The van der Waals surface area contributed by atoms with Crippen LogP contribution in [-0.4, -0.2) is 4.98 Å². The molecule has 2 rings (SSSR count). The monoisotopic (exact) mass is 151 g/mol. The second kappa shape index (κ2) is 2.05. The van der Waals surface area contributed by atoms with Gasteiger partial charge in [0.25, 0.3) is 0 Å². The summed E-state index contributed by atoms with van der Waals surface area (Å²) in [5.41, 5.74) is 1.38. The van der Waals surface area contributed by atoms with Crippen molar-refractivity contribution in [1.82, 2.24) is 4.98 Å². The fourth-order valence-electron chi connectivity index (χ4n) is 0.994. The first-order valence-electron chi connectivity index (χ1n) is 3.27. The van der Waals surface area contributed by atoms with Crippen LogP contribution in [0.15, 0.2) is 22.9 Å². The molecule has 0 fully saturated rings. The molecule has 0 bridgehead atoms. The molecule has 1 heterocycles. The molecule has 0 N–H and O–H groups in total. The third kappa shape index (κ3) is 0.808. The number of fused-ring (bicyclic) bond motifs is 1. The van der Waals surface area contributed by atoms with Crippen LogP contribution in [0.4, 0.5) is 4.39 Å². The summed E-state index contributed by atoms with van der Waals surface area (Å²) in [4.78, 5) is 3.81. The maximum atomic E-state index is 13.1. The molecule has 0 radical (unpaired) electrons. The first-order chi connectivity index (χ1) is 5.29. The maximum Gasteiger partial charge on any atom is 0.190 e. The van der Waals surface area contributed by atoms with E-state index in [2.05, 4.69) is 4.98 Å². The van der Waals surface area contributed by atoms with Gasteiger partial charge in [-0.25, -0.2) is 9.37 Å². The topological polar surface area (TPSA) is 26.0 Å². The lowest BCUT2D eigenvalue weighted by molar-refractivity contribution is 0.550. The van der Waals surface area contributed by atoms with Crippen molar-refractivity contribution in [2.45, 2.75) is 6.92 Å². The predicted molar refractivity (Wildman–Crippen MR) is 38.7 cm³/mol. The Bertz CT molecular complexity index is 394. The number of hydrogen-bond acceptors (Lipinski definition) is 2. The molecular weight excluding hydrogens is 145 g/mol. The molecule has 0 saturated carbocycles. The number of aryl methyl sites for hydroxylation is 1. The molecule has 0 amide bonds. The van der Waals surface area contributed by atoms with E-state index in [0.717, 1.165) is 0 Å². The van der Waals surface area contributed by atoms with E-state index in [1.165, 1.54) is 6.39 Å². The van der Waals surface area contributed by atoms with E-state index in [-0.39, 0.29) is 11.4 Å². The SMILES string of the molecule is Cc1ccc2ncoc2c1F. The molecule has 2 nitrogen and oxygen atoms in total. The highest BCUT2D eigenvalue weighted by atomic mass is 19.1. The van der Waals surface area contributed by atoms with Crippen molar-refractivity contribution >= 4 is 11.1 Å². The zero-order valence-electron chi connectivity index (χ0n) is 5.97. The Hall–Kier alpha value is -1.38. The Kier molecular flexibility index (Phi) is 1.18. The zero-order valence-corrected chi connectivity index (χ0v) is 5.97. The van der Waals surface area contributed by atoms with Gasteiger partial charge in [-0.05, 0) is 18.6 Å². The molecule has 1 aromatic carbocycles. The highest BCUT2D eigenvalue weighted by Gasteiger charge is 2.06. The summed E-state index contributed by atoms with van der Waals surface area (Å²) in [5.74, 6) is -0.319. The normalized spacial score (nSPS) is 10.7. The van der Waals surface area contributed by atoms with Crippen LogP contribution in [0.25, 0.3) is 11.1 Å². The third-order valence-corrected chi connectivity index (χ3v) is 1.63. The summed E-state index contributed by atoms with van der Waals surface area (Å²) in [5, 5.41) is 0. The van der Waals surface area contributed by atoms with Gasteiger partial charge >= 0.3 is 0 Å². The molecule has 0 atom stereocenters. The van der Waals surface area contributed by atoms with Crippen LogP contribution in [-0.2, 0) is 0 Å². The van der Waals surface area contributed by atoms with Gasteiger partial charge in [-0.2, -0.15) is 0 Å². The van der Waals surface area contributed by atoms with Gasteiger partial charge < -0.3 is 4.42 Å². The van der Waals surface area contributed by atoms with E-state index in [1.807, 2.05) is 0 Å². The largest absolute Gasteiger partial charge is 0.440 e. The van der Waals surface area contributed by atoms with Crippen molar-refractivity contribution in [2.75, 3.05) is 0 Å². The van der Waals surface area contributed by atoms with E-state index in [9.17, 15) is 4.39 Å². The van der Waals surface area contributed by atoms with Crippen molar-refractivity contribution in [3.8, 4) is 0 Å². The van der Waals surface area contributed by atoms with E-state index in [0.29, 0.717) is 11.1 Å². The number of rotatable bonds is 0. The number of halogens is 1. The smallest absolute Gasteiger partial charge is 0.190 e. The highest BCUT2D eigenvalue weighted by Crippen LogP contribution is 2.18. The van der Waals surface area contributed by atoms with Crippen LogP contribution >= 0.6 is 0 Å². The maximum absolute atomic E-state index is 13.1. The molecule has 2 aromatic rings. The minimum absolute atomic E-state index is 0.241. The van der Waals surface area contributed by atoms with Gasteiger partial charge in [0.05, 0.1) is 0 Å². The van der Waals surface area contributed by atoms with Gasteiger partial charge in [0.1, 0.15) is 5.52 Å². The molecule has 0 spiro atoms. The van der Waals surface area contributed by atoms with Gasteiger partial charge in [-0.3, -0.25) is 0 Å². The fourth-order valence-corrected chi connectivity index (χ4v) is 0.994. The number of oxazole rings is 1. The highest BCUT2D eigenvalue weighted by molar-refractivity contribution is 5.73. The van der Waals surface area contributed by atoms with Gasteiger partial charge in [0.2, 0.25) is 0 Å². The summed E-state index contributed by atoms with van der Waals surface area (Å²) >= 11 is 0. The lowest BCUT2D eigenvalue weighted by Crippen LogP contribution is -1.81. The van der Waals surface area contributed by atoms with Crippen molar-refractivity contribution in [2.24, 2.45) is 0 Å². The lowest BCUT2D eigenvalue weighted by atomic mass is 10.2. The molecule has 0 saturated heterocycles. The summed E-state index contributed by atoms with van der Waals surface area (Å²) in [6, 6.07) is 3.41. The Labute approximate surface area is 62.7 Å². The van der Waals surface area contributed by atoms with Crippen molar-refractivity contribution < 1.29 is 8.81 Å². The van der Waals surface area contributed by atoms with Crippen LogP contribution in [0.2, 0.25) is 0 Å². The third-order valence-electron chi connectivity index (χ3n) is 1.63. The number of benzene rings is 1. The first kappa shape index (κ1) is 6.34. The van der Waals surface area contributed by atoms with E-state index >= 15 is 0 Å². The van der Waals surface area contributed by atoms with Crippen molar-refractivity contribution in [3.05, 3.63) is 29.9 Å². The fraction of sp³-hybridized carbons (Fsp3) is 0.125. The lowest BCUT2D eigenvalue weighted by Gasteiger charge is -1.93. The summed E-state index contributed by atoms with van der Waals surface area (Å²) in [6.45, 7) is 1.69. The van der Waals surface area contributed by atoms with Crippen LogP contribution in [0.5, 0.6) is 0 Å². The molecule has 0 aliphatic heterocycles. The van der Waals surface area contributed by atoms with Gasteiger partial charge in [0, 0.05) is 0 Å².